The first-order chi connectivity index (χ1) is 8.94. The van der Waals surface area contributed by atoms with Crippen LogP contribution in [-0.2, 0) is 16.1 Å². The van der Waals surface area contributed by atoms with E-state index in [1.165, 1.54) is 0 Å². The van der Waals surface area contributed by atoms with Gasteiger partial charge in [0.25, 0.3) is 0 Å². The lowest BCUT2D eigenvalue weighted by Crippen LogP contribution is -2.28. The molecule has 104 valence electrons. The van der Waals surface area contributed by atoms with Gasteiger partial charge in [-0.25, -0.2) is 4.98 Å². The van der Waals surface area contributed by atoms with E-state index in [0.29, 0.717) is 6.54 Å². The van der Waals surface area contributed by atoms with Crippen molar-refractivity contribution in [1.29, 1.82) is 0 Å². The number of aliphatic carboxylic acids is 1. The number of carbonyl (C=O) groups is 2. The fraction of sp³-hybridized carbons (Fsp3) is 0.615. The number of carboxylic acid groups (broad SMARTS) is 1. The van der Waals surface area contributed by atoms with Gasteiger partial charge in [-0.1, -0.05) is 13.8 Å². The van der Waals surface area contributed by atoms with Crippen molar-refractivity contribution >= 4 is 11.9 Å². The molecule has 19 heavy (non-hydrogen) atoms. The molecule has 1 fully saturated rings. The second kappa shape index (κ2) is 5.03. The molecule has 6 heteroatoms. The Hall–Kier alpha value is -1.85. The van der Waals surface area contributed by atoms with E-state index in [4.69, 9.17) is 5.11 Å². The maximum atomic E-state index is 11.9. The number of imidazole rings is 1. The molecule has 1 aliphatic rings. The zero-order chi connectivity index (χ0) is 14.0. The van der Waals surface area contributed by atoms with Crippen molar-refractivity contribution in [2.75, 3.05) is 6.54 Å². The van der Waals surface area contributed by atoms with Crippen LogP contribution >= 0.6 is 0 Å². The summed E-state index contributed by atoms with van der Waals surface area (Å²) in [6, 6.07) is 0. The molecular formula is C13H19N3O3. The Labute approximate surface area is 111 Å². The van der Waals surface area contributed by atoms with E-state index in [9.17, 15) is 9.59 Å². The Morgan fingerprint density at radius 1 is 1.42 bits per heavy atom. The third-order valence-corrected chi connectivity index (χ3v) is 3.83. The number of hydrogen-bond donors (Lipinski definition) is 2. The molecular weight excluding hydrogens is 246 g/mol. The molecule has 1 amide bonds. The smallest absolute Gasteiger partial charge is 0.307 e. The summed E-state index contributed by atoms with van der Waals surface area (Å²) >= 11 is 0. The predicted octanol–water partition coefficient (Wildman–Crippen LogP) is 0.746. The highest BCUT2D eigenvalue weighted by atomic mass is 16.4. The second-order valence-corrected chi connectivity index (χ2v) is 5.56. The minimum absolute atomic E-state index is 0.150. The Balaban J connectivity index is 1.72. The summed E-state index contributed by atoms with van der Waals surface area (Å²) in [7, 11) is 0. The molecule has 2 atom stereocenters. The van der Waals surface area contributed by atoms with Crippen molar-refractivity contribution in [2.24, 2.45) is 17.3 Å². The first kappa shape index (κ1) is 13.6. The summed E-state index contributed by atoms with van der Waals surface area (Å²) in [4.78, 5) is 26.8. The van der Waals surface area contributed by atoms with Gasteiger partial charge in [-0.2, -0.15) is 0 Å². The van der Waals surface area contributed by atoms with Crippen LogP contribution in [0.2, 0.25) is 0 Å². The van der Waals surface area contributed by atoms with E-state index in [0.717, 1.165) is 13.0 Å². The molecule has 1 aromatic heterocycles. The Kier molecular flexibility index (Phi) is 3.59. The minimum atomic E-state index is -0.886. The van der Waals surface area contributed by atoms with E-state index in [-0.39, 0.29) is 5.91 Å². The highest BCUT2D eigenvalue weighted by Crippen LogP contribution is 2.58. The van der Waals surface area contributed by atoms with Gasteiger partial charge in [0.2, 0.25) is 5.91 Å². The van der Waals surface area contributed by atoms with Crippen molar-refractivity contribution in [3.05, 3.63) is 18.7 Å². The largest absolute Gasteiger partial charge is 0.481 e. The molecule has 1 aliphatic carbocycles. The van der Waals surface area contributed by atoms with Gasteiger partial charge >= 0.3 is 5.97 Å². The number of carbonyl (C=O) groups excluding carboxylic acids is 1. The van der Waals surface area contributed by atoms with Gasteiger partial charge in [0.05, 0.1) is 18.2 Å². The van der Waals surface area contributed by atoms with Gasteiger partial charge in [0, 0.05) is 25.5 Å². The summed E-state index contributed by atoms with van der Waals surface area (Å²) in [6.07, 6.45) is 6.11. The zero-order valence-electron chi connectivity index (χ0n) is 11.2. The predicted molar refractivity (Wildman–Crippen MR) is 68.3 cm³/mol. The highest BCUT2D eigenvalue weighted by Gasteiger charge is 2.65. The summed E-state index contributed by atoms with van der Waals surface area (Å²) < 4.78 is 1.94. The van der Waals surface area contributed by atoms with E-state index < -0.39 is 23.2 Å². The van der Waals surface area contributed by atoms with Crippen molar-refractivity contribution in [3.8, 4) is 0 Å². The molecule has 1 aromatic rings. The van der Waals surface area contributed by atoms with E-state index in [2.05, 4.69) is 10.3 Å². The number of hydrogen-bond acceptors (Lipinski definition) is 3. The number of carboxylic acids is 1. The first-order valence-electron chi connectivity index (χ1n) is 6.41. The highest BCUT2D eigenvalue weighted by molar-refractivity contribution is 5.91. The van der Waals surface area contributed by atoms with Crippen molar-refractivity contribution in [3.63, 3.8) is 0 Å². The second-order valence-electron chi connectivity index (χ2n) is 5.56. The Morgan fingerprint density at radius 2 is 2.16 bits per heavy atom. The Bertz CT molecular complexity index is 467. The standard InChI is InChI=1S/C13H19N3O3/c1-13(2)9(10(13)12(18)19)11(17)15-4-3-6-16-7-5-14-8-16/h5,7-10H,3-4,6H2,1-2H3,(H,15,17)(H,18,19)/t9-,10-/m0/s1. The average Bonchev–Trinajstić information content (AvgIpc) is 2.73. The number of amides is 1. The lowest BCUT2D eigenvalue weighted by atomic mass is 10.1. The lowest BCUT2D eigenvalue weighted by molar-refractivity contribution is -0.140. The van der Waals surface area contributed by atoms with Crippen LogP contribution in [0.5, 0.6) is 0 Å². The molecule has 0 bridgehead atoms. The van der Waals surface area contributed by atoms with Gasteiger partial charge < -0.3 is 15.0 Å². The Morgan fingerprint density at radius 3 is 2.68 bits per heavy atom. The summed E-state index contributed by atoms with van der Waals surface area (Å²) in [5, 5.41) is 11.8. The van der Waals surface area contributed by atoms with Crippen LogP contribution in [0, 0.1) is 17.3 Å². The number of aryl methyl sites for hydroxylation is 1. The van der Waals surface area contributed by atoms with Gasteiger partial charge in [-0.15, -0.1) is 0 Å². The van der Waals surface area contributed by atoms with Gasteiger partial charge in [-0.3, -0.25) is 9.59 Å². The van der Waals surface area contributed by atoms with Crippen LogP contribution in [0.25, 0.3) is 0 Å². The summed E-state index contributed by atoms with van der Waals surface area (Å²) in [5.74, 6) is -1.99. The van der Waals surface area contributed by atoms with Gasteiger partial charge in [-0.05, 0) is 11.8 Å². The third-order valence-electron chi connectivity index (χ3n) is 3.83. The van der Waals surface area contributed by atoms with Gasteiger partial charge in [0.15, 0.2) is 0 Å². The molecule has 0 unspecified atom stereocenters. The van der Waals surface area contributed by atoms with E-state index >= 15 is 0 Å². The van der Waals surface area contributed by atoms with E-state index in [1.54, 1.807) is 12.5 Å². The van der Waals surface area contributed by atoms with Crippen LogP contribution in [0.4, 0.5) is 0 Å². The molecule has 0 radical (unpaired) electrons. The molecule has 2 rings (SSSR count). The molecule has 1 saturated carbocycles. The number of aromatic nitrogens is 2. The molecule has 0 aliphatic heterocycles. The number of nitrogens with zero attached hydrogens (tertiary/aromatic N) is 2. The molecule has 2 N–H and O–H groups in total. The van der Waals surface area contributed by atoms with Gasteiger partial charge in [0.1, 0.15) is 0 Å². The topological polar surface area (TPSA) is 84.2 Å². The maximum absolute atomic E-state index is 11.9. The van der Waals surface area contributed by atoms with Crippen LogP contribution < -0.4 is 5.32 Å². The summed E-state index contributed by atoms with van der Waals surface area (Å²) in [5.41, 5.74) is -0.430. The SMILES string of the molecule is CC1(C)[C@H](C(=O)O)[C@H]1C(=O)NCCCn1ccnc1. The molecule has 0 aromatic carbocycles. The molecule has 0 spiro atoms. The minimum Gasteiger partial charge on any atom is -0.481 e. The fourth-order valence-corrected chi connectivity index (χ4v) is 2.59. The van der Waals surface area contributed by atoms with Crippen molar-refractivity contribution in [2.45, 2.75) is 26.8 Å². The lowest BCUT2D eigenvalue weighted by Gasteiger charge is -2.06. The molecule has 1 heterocycles. The number of rotatable bonds is 6. The van der Waals surface area contributed by atoms with Crippen molar-refractivity contribution in [1.82, 2.24) is 14.9 Å². The van der Waals surface area contributed by atoms with Crippen LogP contribution in [0.15, 0.2) is 18.7 Å². The number of nitrogens with one attached hydrogen (secondary N) is 1. The monoisotopic (exact) mass is 265 g/mol. The van der Waals surface area contributed by atoms with E-state index in [1.807, 2.05) is 24.6 Å². The van der Waals surface area contributed by atoms with Crippen LogP contribution in [0.1, 0.15) is 20.3 Å². The van der Waals surface area contributed by atoms with Crippen molar-refractivity contribution < 1.29 is 14.7 Å². The molecule has 0 saturated heterocycles. The van der Waals surface area contributed by atoms with Crippen LogP contribution in [0.3, 0.4) is 0 Å². The fourth-order valence-electron chi connectivity index (χ4n) is 2.59. The normalized spacial score (nSPS) is 23.9. The zero-order valence-corrected chi connectivity index (χ0v) is 11.2. The summed E-state index contributed by atoms with van der Waals surface area (Å²) in [6.45, 7) is 4.98. The first-order valence-corrected chi connectivity index (χ1v) is 6.41. The van der Waals surface area contributed by atoms with Crippen LogP contribution in [-0.4, -0.2) is 33.1 Å². The molecule has 6 nitrogen and oxygen atoms in total. The third kappa shape index (κ3) is 2.77. The quantitative estimate of drug-likeness (QED) is 0.743. The average molecular weight is 265 g/mol. The maximum Gasteiger partial charge on any atom is 0.307 e.